The van der Waals surface area contributed by atoms with E-state index in [1.54, 1.807) is 12.4 Å². The summed E-state index contributed by atoms with van der Waals surface area (Å²) in [6.45, 7) is 1.94. The molecule has 0 spiro atoms. The number of anilines is 2. The fourth-order valence-corrected chi connectivity index (χ4v) is 2.55. The highest BCUT2D eigenvalue weighted by Crippen LogP contribution is 2.32. The first-order valence-corrected chi connectivity index (χ1v) is 7.59. The van der Waals surface area contributed by atoms with Gasteiger partial charge in [-0.1, -0.05) is 0 Å². The van der Waals surface area contributed by atoms with E-state index in [2.05, 4.69) is 44.2 Å². The van der Waals surface area contributed by atoms with E-state index in [-0.39, 0.29) is 5.95 Å². The lowest BCUT2D eigenvalue weighted by Gasteiger charge is -2.12. The molecule has 7 heteroatoms. The number of nitrogen functional groups attached to an aromatic ring is 1. The van der Waals surface area contributed by atoms with Gasteiger partial charge in [-0.2, -0.15) is 0 Å². The topological polar surface area (TPSA) is 95.8 Å². The van der Waals surface area contributed by atoms with Crippen molar-refractivity contribution in [2.24, 2.45) is 0 Å². The van der Waals surface area contributed by atoms with E-state index in [0.29, 0.717) is 0 Å². The number of nitrogens with one attached hydrogen (secondary N) is 2. The van der Waals surface area contributed by atoms with Gasteiger partial charge in [0, 0.05) is 36.4 Å². The summed E-state index contributed by atoms with van der Waals surface area (Å²) in [4.78, 5) is 18.0. The van der Waals surface area contributed by atoms with Gasteiger partial charge in [-0.3, -0.25) is 0 Å². The Morgan fingerprint density at radius 1 is 1.22 bits per heavy atom. The zero-order chi connectivity index (χ0) is 16.2. The van der Waals surface area contributed by atoms with Crippen molar-refractivity contribution in [3.63, 3.8) is 0 Å². The second-order valence-electron chi connectivity index (χ2n) is 5.67. The molecule has 0 saturated carbocycles. The fourth-order valence-electron chi connectivity index (χ4n) is 2.55. The molecule has 0 radical (unpaired) electrons. The molecule has 23 heavy (non-hydrogen) atoms. The van der Waals surface area contributed by atoms with Crippen LogP contribution in [0.25, 0.3) is 22.3 Å². The SMILES string of the molecule is CN(C)CCCNc1ccnc2[nH]cc(-c3ccnc(N)n3)c12. The Hall–Kier alpha value is -2.67. The molecule has 0 aliphatic rings. The van der Waals surface area contributed by atoms with Gasteiger partial charge in [0.15, 0.2) is 0 Å². The number of aromatic nitrogens is 4. The third kappa shape index (κ3) is 3.40. The summed E-state index contributed by atoms with van der Waals surface area (Å²) in [5.41, 5.74) is 9.33. The average Bonchev–Trinajstić information content (AvgIpc) is 2.96. The lowest BCUT2D eigenvalue weighted by Crippen LogP contribution is -2.16. The molecular formula is C16H21N7. The largest absolute Gasteiger partial charge is 0.384 e. The molecule has 0 atom stereocenters. The highest BCUT2D eigenvalue weighted by Gasteiger charge is 2.12. The van der Waals surface area contributed by atoms with E-state index in [1.165, 1.54) is 0 Å². The van der Waals surface area contributed by atoms with Crippen molar-refractivity contribution >= 4 is 22.7 Å². The van der Waals surface area contributed by atoms with E-state index >= 15 is 0 Å². The first-order valence-electron chi connectivity index (χ1n) is 7.59. The number of hydrogen-bond donors (Lipinski definition) is 3. The Labute approximate surface area is 135 Å². The molecule has 0 fully saturated rings. The molecule has 0 saturated heterocycles. The Bertz CT molecular complexity index is 794. The highest BCUT2D eigenvalue weighted by molar-refractivity contribution is 6.01. The van der Waals surface area contributed by atoms with Gasteiger partial charge in [0.2, 0.25) is 5.95 Å². The molecule has 120 valence electrons. The number of pyridine rings is 1. The molecule has 0 bridgehead atoms. The van der Waals surface area contributed by atoms with Crippen molar-refractivity contribution in [2.75, 3.05) is 38.2 Å². The number of hydrogen-bond acceptors (Lipinski definition) is 6. The van der Waals surface area contributed by atoms with Crippen molar-refractivity contribution in [1.82, 2.24) is 24.8 Å². The van der Waals surface area contributed by atoms with E-state index in [1.807, 2.05) is 18.3 Å². The van der Waals surface area contributed by atoms with Crippen LogP contribution in [0.4, 0.5) is 11.6 Å². The van der Waals surface area contributed by atoms with Gasteiger partial charge < -0.3 is 20.9 Å². The minimum Gasteiger partial charge on any atom is -0.384 e. The second-order valence-corrected chi connectivity index (χ2v) is 5.67. The van der Waals surface area contributed by atoms with Crippen LogP contribution >= 0.6 is 0 Å². The minimum atomic E-state index is 0.265. The summed E-state index contributed by atoms with van der Waals surface area (Å²) in [7, 11) is 4.16. The number of fused-ring (bicyclic) bond motifs is 1. The Kier molecular flexibility index (Phi) is 4.38. The van der Waals surface area contributed by atoms with Gasteiger partial charge in [0.05, 0.1) is 11.1 Å². The molecule has 7 nitrogen and oxygen atoms in total. The number of aromatic amines is 1. The number of rotatable bonds is 6. The van der Waals surface area contributed by atoms with Crippen molar-refractivity contribution in [2.45, 2.75) is 6.42 Å². The summed E-state index contributed by atoms with van der Waals surface area (Å²) >= 11 is 0. The molecular weight excluding hydrogens is 290 g/mol. The third-order valence-electron chi connectivity index (χ3n) is 3.62. The third-order valence-corrected chi connectivity index (χ3v) is 3.62. The van der Waals surface area contributed by atoms with Crippen LogP contribution in [0.1, 0.15) is 6.42 Å². The summed E-state index contributed by atoms with van der Waals surface area (Å²) in [5.74, 6) is 0.265. The smallest absolute Gasteiger partial charge is 0.220 e. The monoisotopic (exact) mass is 311 g/mol. The average molecular weight is 311 g/mol. The first kappa shape index (κ1) is 15.2. The maximum absolute atomic E-state index is 5.71. The Morgan fingerprint density at radius 2 is 2.04 bits per heavy atom. The second kappa shape index (κ2) is 6.62. The minimum absolute atomic E-state index is 0.265. The molecule has 0 amide bonds. The van der Waals surface area contributed by atoms with Crippen LogP contribution in [0.2, 0.25) is 0 Å². The van der Waals surface area contributed by atoms with E-state index in [9.17, 15) is 0 Å². The van der Waals surface area contributed by atoms with Crippen molar-refractivity contribution in [3.05, 3.63) is 30.7 Å². The summed E-state index contributed by atoms with van der Waals surface area (Å²) in [6, 6.07) is 3.83. The summed E-state index contributed by atoms with van der Waals surface area (Å²) < 4.78 is 0. The maximum Gasteiger partial charge on any atom is 0.220 e. The molecule has 3 heterocycles. The molecule has 3 rings (SSSR count). The van der Waals surface area contributed by atoms with Gasteiger partial charge in [-0.05, 0) is 39.2 Å². The highest BCUT2D eigenvalue weighted by atomic mass is 15.1. The number of nitrogens with two attached hydrogens (primary N) is 1. The molecule has 0 aromatic carbocycles. The zero-order valence-electron chi connectivity index (χ0n) is 13.4. The van der Waals surface area contributed by atoms with Gasteiger partial charge in [0.1, 0.15) is 5.65 Å². The Morgan fingerprint density at radius 3 is 2.83 bits per heavy atom. The van der Waals surface area contributed by atoms with Crippen LogP contribution in [0.5, 0.6) is 0 Å². The zero-order valence-corrected chi connectivity index (χ0v) is 13.4. The standard InChI is InChI=1S/C16H21N7/c1-23(2)9-3-6-18-13-5-7-19-15-14(13)11(10-21-15)12-4-8-20-16(17)22-12/h4-5,7-8,10H,3,6,9H2,1-2H3,(H2,17,20,22)(H2,18,19,21). The first-order chi connectivity index (χ1) is 11.1. The van der Waals surface area contributed by atoms with Gasteiger partial charge in [0.25, 0.3) is 0 Å². The normalized spacial score (nSPS) is 11.3. The van der Waals surface area contributed by atoms with Crippen LogP contribution < -0.4 is 11.1 Å². The van der Waals surface area contributed by atoms with E-state index in [0.717, 1.165) is 47.5 Å². The lowest BCUT2D eigenvalue weighted by atomic mass is 10.1. The number of H-pyrrole nitrogens is 1. The van der Waals surface area contributed by atoms with Crippen LogP contribution in [0.15, 0.2) is 30.7 Å². The quantitative estimate of drug-likeness (QED) is 0.602. The van der Waals surface area contributed by atoms with Crippen LogP contribution in [0.3, 0.4) is 0 Å². The van der Waals surface area contributed by atoms with Crippen LogP contribution in [-0.2, 0) is 0 Å². The molecule has 4 N–H and O–H groups in total. The van der Waals surface area contributed by atoms with Gasteiger partial charge in [-0.15, -0.1) is 0 Å². The molecule has 3 aromatic rings. The molecule has 3 aromatic heterocycles. The van der Waals surface area contributed by atoms with E-state index in [4.69, 9.17) is 5.73 Å². The van der Waals surface area contributed by atoms with Crippen LogP contribution in [-0.4, -0.2) is 52.0 Å². The molecule has 0 aliphatic carbocycles. The number of nitrogens with zero attached hydrogens (tertiary/aromatic N) is 4. The predicted molar refractivity (Wildman–Crippen MR) is 93.2 cm³/mol. The summed E-state index contributed by atoms with van der Waals surface area (Å²) in [5, 5.41) is 4.52. The fraction of sp³-hybridized carbons (Fsp3) is 0.312. The van der Waals surface area contributed by atoms with Gasteiger partial charge >= 0.3 is 0 Å². The van der Waals surface area contributed by atoms with Crippen molar-refractivity contribution in [1.29, 1.82) is 0 Å². The summed E-state index contributed by atoms with van der Waals surface area (Å²) in [6.07, 6.45) is 6.43. The molecule has 0 aliphatic heterocycles. The van der Waals surface area contributed by atoms with Gasteiger partial charge in [-0.25, -0.2) is 15.0 Å². The van der Waals surface area contributed by atoms with Crippen molar-refractivity contribution < 1.29 is 0 Å². The predicted octanol–water partition coefficient (Wildman–Crippen LogP) is 1.97. The van der Waals surface area contributed by atoms with Crippen molar-refractivity contribution in [3.8, 4) is 11.3 Å². The Balaban J connectivity index is 1.91. The maximum atomic E-state index is 5.71. The molecule has 0 unspecified atom stereocenters. The van der Waals surface area contributed by atoms with E-state index < -0.39 is 0 Å². The van der Waals surface area contributed by atoms with Crippen LogP contribution in [0, 0.1) is 0 Å². The lowest BCUT2D eigenvalue weighted by molar-refractivity contribution is 0.405.